The van der Waals surface area contributed by atoms with Crippen LogP contribution in [0.2, 0.25) is 0 Å². The van der Waals surface area contributed by atoms with Gasteiger partial charge < -0.3 is 14.6 Å². The molecule has 3 heterocycles. The first-order valence-electron chi connectivity index (χ1n) is 8.29. The van der Waals surface area contributed by atoms with Crippen molar-refractivity contribution in [1.82, 2.24) is 25.1 Å². The number of hydrogen-bond donors (Lipinski definition) is 2. The zero-order valence-electron chi connectivity index (χ0n) is 14.5. The molecule has 3 rings (SSSR count). The number of aromatic amines is 1. The van der Waals surface area contributed by atoms with Gasteiger partial charge in [0.25, 0.3) is 0 Å². The van der Waals surface area contributed by atoms with E-state index >= 15 is 0 Å². The van der Waals surface area contributed by atoms with Gasteiger partial charge >= 0.3 is 0 Å². The fourth-order valence-electron chi connectivity index (χ4n) is 3.21. The number of ether oxygens (including phenoxy) is 1. The lowest BCUT2D eigenvalue weighted by molar-refractivity contribution is -0.00406. The van der Waals surface area contributed by atoms with Crippen molar-refractivity contribution in [2.75, 3.05) is 6.61 Å². The molecule has 23 heavy (non-hydrogen) atoms. The lowest BCUT2D eigenvalue weighted by atomic mass is 9.89. The Bertz CT molecular complexity index is 639. The molecule has 2 aromatic heterocycles. The van der Waals surface area contributed by atoms with Crippen LogP contribution in [0.25, 0.3) is 0 Å². The summed E-state index contributed by atoms with van der Waals surface area (Å²) in [5, 5.41) is 11.0. The number of imidazole rings is 1. The van der Waals surface area contributed by atoms with Crippen molar-refractivity contribution in [2.24, 2.45) is 7.05 Å². The molecule has 1 aliphatic heterocycles. The third kappa shape index (κ3) is 3.64. The highest BCUT2D eigenvalue weighted by atomic mass is 16.5. The molecule has 0 aromatic carbocycles. The molecule has 0 radical (unpaired) electrons. The minimum Gasteiger partial charge on any atom is -0.372 e. The minimum absolute atomic E-state index is 0.0838. The van der Waals surface area contributed by atoms with E-state index in [0.29, 0.717) is 6.04 Å². The zero-order valence-corrected chi connectivity index (χ0v) is 14.5. The maximum atomic E-state index is 5.93. The fraction of sp³-hybridized carbons (Fsp3) is 0.647. The Morgan fingerprint density at radius 3 is 2.91 bits per heavy atom. The van der Waals surface area contributed by atoms with Gasteiger partial charge in [-0.1, -0.05) is 20.8 Å². The highest BCUT2D eigenvalue weighted by Gasteiger charge is 2.26. The zero-order chi connectivity index (χ0) is 16.4. The van der Waals surface area contributed by atoms with Gasteiger partial charge in [-0.25, -0.2) is 4.98 Å². The van der Waals surface area contributed by atoms with Gasteiger partial charge in [-0.05, 0) is 12.8 Å². The molecule has 2 aromatic rings. The van der Waals surface area contributed by atoms with E-state index in [1.54, 1.807) is 0 Å². The average molecular weight is 317 g/mol. The summed E-state index contributed by atoms with van der Waals surface area (Å²) < 4.78 is 7.97. The van der Waals surface area contributed by atoms with Crippen molar-refractivity contribution in [1.29, 1.82) is 0 Å². The first-order valence-corrected chi connectivity index (χ1v) is 8.29. The van der Waals surface area contributed by atoms with Gasteiger partial charge in [0.1, 0.15) is 6.10 Å². The van der Waals surface area contributed by atoms with Gasteiger partial charge in [0.05, 0.1) is 24.4 Å². The van der Waals surface area contributed by atoms with E-state index in [2.05, 4.69) is 41.3 Å². The summed E-state index contributed by atoms with van der Waals surface area (Å²) in [6.45, 7) is 8.24. The van der Waals surface area contributed by atoms with Crippen molar-refractivity contribution in [3.8, 4) is 0 Å². The predicted octanol–water partition coefficient (Wildman–Crippen LogP) is 2.45. The third-order valence-electron chi connectivity index (χ3n) is 4.52. The molecule has 1 aliphatic rings. The highest BCUT2D eigenvalue weighted by Crippen LogP contribution is 2.28. The molecule has 0 bridgehead atoms. The maximum absolute atomic E-state index is 5.93. The molecule has 6 nitrogen and oxygen atoms in total. The van der Waals surface area contributed by atoms with E-state index in [9.17, 15) is 0 Å². The Hall–Kier alpha value is -1.66. The molecule has 2 atom stereocenters. The first kappa shape index (κ1) is 16.2. The van der Waals surface area contributed by atoms with Crippen molar-refractivity contribution in [2.45, 2.75) is 57.7 Å². The van der Waals surface area contributed by atoms with Crippen molar-refractivity contribution in [3.63, 3.8) is 0 Å². The Balaban J connectivity index is 1.61. The van der Waals surface area contributed by atoms with Crippen LogP contribution >= 0.6 is 0 Å². The van der Waals surface area contributed by atoms with E-state index < -0.39 is 0 Å². The van der Waals surface area contributed by atoms with Gasteiger partial charge in [0.2, 0.25) is 0 Å². The summed E-state index contributed by atoms with van der Waals surface area (Å²) >= 11 is 0. The number of hydrogen-bond acceptors (Lipinski definition) is 4. The van der Waals surface area contributed by atoms with Crippen LogP contribution < -0.4 is 5.32 Å². The number of rotatable bonds is 4. The van der Waals surface area contributed by atoms with Crippen LogP contribution in [-0.4, -0.2) is 32.4 Å². The summed E-state index contributed by atoms with van der Waals surface area (Å²) in [5.74, 6) is 0. The Labute approximate surface area is 137 Å². The van der Waals surface area contributed by atoms with Crippen LogP contribution in [0, 0.1) is 0 Å². The van der Waals surface area contributed by atoms with Gasteiger partial charge in [0.15, 0.2) is 0 Å². The van der Waals surface area contributed by atoms with Gasteiger partial charge in [0, 0.05) is 42.9 Å². The second-order valence-electron chi connectivity index (χ2n) is 7.41. The number of nitrogens with one attached hydrogen (secondary N) is 2. The smallest absolute Gasteiger partial charge is 0.100 e. The summed E-state index contributed by atoms with van der Waals surface area (Å²) in [5.41, 5.74) is 3.69. The normalized spacial score (nSPS) is 22.4. The molecule has 1 fully saturated rings. The molecule has 0 saturated carbocycles. The van der Waals surface area contributed by atoms with E-state index in [1.807, 2.05) is 30.3 Å². The molecule has 126 valence electrons. The Morgan fingerprint density at radius 1 is 1.39 bits per heavy atom. The van der Waals surface area contributed by atoms with Crippen LogP contribution in [-0.2, 0) is 23.7 Å². The maximum Gasteiger partial charge on any atom is 0.100 e. The lowest BCUT2D eigenvalue weighted by Crippen LogP contribution is -2.36. The quantitative estimate of drug-likeness (QED) is 0.909. The molecule has 2 unspecified atom stereocenters. The van der Waals surface area contributed by atoms with Crippen LogP contribution in [0.1, 0.15) is 56.7 Å². The Morgan fingerprint density at radius 2 is 2.22 bits per heavy atom. The van der Waals surface area contributed by atoms with Gasteiger partial charge in [-0.2, -0.15) is 5.10 Å². The predicted molar refractivity (Wildman–Crippen MR) is 89.1 cm³/mol. The lowest BCUT2D eigenvalue weighted by Gasteiger charge is -2.30. The summed E-state index contributed by atoms with van der Waals surface area (Å²) in [4.78, 5) is 4.20. The number of nitrogens with zero attached hydrogens (tertiary/aromatic N) is 3. The topological polar surface area (TPSA) is 67.8 Å². The molecule has 2 N–H and O–H groups in total. The van der Waals surface area contributed by atoms with Gasteiger partial charge in [-0.15, -0.1) is 0 Å². The van der Waals surface area contributed by atoms with E-state index in [4.69, 9.17) is 4.74 Å². The second-order valence-corrected chi connectivity index (χ2v) is 7.41. The van der Waals surface area contributed by atoms with Crippen molar-refractivity contribution < 1.29 is 4.74 Å². The van der Waals surface area contributed by atoms with E-state index in [-0.39, 0.29) is 11.5 Å². The molecule has 0 spiro atoms. The average Bonchev–Trinajstić information content (AvgIpc) is 3.13. The van der Waals surface area contributed by atoms with Crippen LogP contribution in [0.4, 0.5) is 0 Å². The summed E-state index contributed by atoms with van der Waals surface area (Å²) in [6.07, 6.45) is 7.81. The second kappa shape index (κ2) is 6.45. The Kier molecular flexibility index (Phi) is 4.55. The first-order chi connectivity index (χ1) is 10.9. The highest BCUT2D eigenvalue weighted by molar-refractivity contribution is 5.23. The van der Waals surface area contributed by atoms with Crippen molar-refractivity contribution >= 4 is 0 Å². The molecule has 6 heteroatoms. The van der Waals surface area contributed by atoms with Crippen LogP contribution in [0.3, 0.4) is 0 Å². The molecule has 1 saturated heterocycles. The van der Waals surface area contributed by atoms with Crippen molar-refractivity contribution in [3.05, 3.63) is 35.7 Å². The molecule has 0 amide bonds. The van der Waals surface area contributed by atoms with E-state index in [1.165, 1.54) is 11.3 Å². The molecular weight excluding hydrogens is 290 g/mol. The van der Waals surface area contributed by atoms with Crippen LogP contribution in [0.5, 0.6) is 0 Å². The SMILES string of the molecule is Cn1cncc1C1CC(NCc2cn[nH]c2C(C)(C)C)CCO1. The number of H-pyrrole nitrogens is 1. The number of aromatic nitrogens is 4. The number of aryl methyl sites for hydroxylation is 1. The molecule has 0 aliphatic carbocycles. The van der Waals surface area contributed by atoms with Crippen LogP contribution in [0.15, 0.2) is 18.7 Å². The standard InChI is InChI=1S/C17H27N5O/c1-17(2,3)16-12(9-20-21-16)8-19-13-5-6-23-15(7-13)14-10-18-11-22(14)4/h9-11,13,15,19H,5-8H2,1-4H3,(H,20,21). The summed E-state index contributed by atoms with van der Waals surface area (Å²) in [7, 11) is 2.02. The monoisotopic (exact) mass is 317 g/mol. The minimum atomic E-state index is 0.0838. The largest absolute Gasteiger partial charge is 0.372 e. The van der Waals surface area contributed by atoms with E-state index in [0.717, 1.165) is 31.7 Å². The van der Waals surface area contributed by atoms with Gasteiger partial charge in [-0.3, -0.25) is 5.10 Å². The third-order valence-corrected chi connectivity index (χ3v) is 4.52. The summed E-state index contributed by atoms with van der Waals surface area (Å²) in [6, 6.07) is 0.450. The molecular formula is C17H27N5O. The fourth-order valence-corrected chi connectivity index (χ4v) is 3.21.